The topological polar surface area (TPSA) is 67.6 Å². The number of hydrogen-bond acceptors (Lipinski definition) is 4. The van der Waals surface area contributed by atoms with Crippen molar-refractivity contribution in [3.05, 3.63) is 29.8 Å². The smallest absolute Gasteiger partial charge is 0.232 e. The number of anilines is 1. The zero-order valence-electron chi connectivity index (χ0n) is 14.4. The van der Waals surface area contributed by atoms with Crippen LogP contribution in [0.5, 0.6) is 0 Å². The van der Waals surface area contributed by atoms with E-state index in [4.69, 9.17) is 10.5 Å². The lowest BCUT2D eigenvalue weighted by Gasteiger charge is -2.34. The summed E-state index contributed by atoms with van der Waals surface area (Å²) in [6.45, 7) is 5.19. The van der Waals surface area contributed by atoms with Crippen molar-refractivity contribution in [1.29, 1.82) is 0 Å². The van der Waals surface area contributed by atoms with Crippen LogP contribution in [-0.2, 0) is 16.0 Å². The Balaban J connectivity index is 1.54. The van der Waals surface area contributed by atoms with Gasteiger partial charge in [0.15, 0.2) is 0 Å². The number of carbonyl (C=O) groups is 1. The van der Waals surface area contributed by atoms with Gasteiger partial charge in [-0.1, -0.05) is 12.1 Å². The first-order valence-electron chi connectivity index (χ1n) is 9.12. The maximum atomic E-state index is 12.7. The minimum atomic E-state index is -0.479. The lowest BCUT2D eigenvalue weighted by Crippen LogP contribution is -2.46. The van der Waals surface area contributed by atoms with Gasteiger partial charge in [0.25, 0.3) is 0 Å². The van der Waals surface area contributed by atoms with Gasteiger partial charge in [-0.2, -0.15) is 0 Å². The van der Waals surface area contributed by atoms with Crippen LogP contribution in [0.3, 0.4) is 0 Å². The second kappa shape index (κ2) is 8.10. The van der Waals surface area contributed by atoms with Crippen LogP contribution in [-0.4, -0.2) is 50.2 Å². The van der Waals surface area contributed by atoms with Crippen molar-refractivity contribution < 1.29 is 9.53 Å². The summed E-state index contributed by atoms with van der Waals surface area (Å²) in [5.74, 6) is 0.0260. The maximum absolute atomic E-state index is 12.7. The molecule has 0 atom stereocenters. The molecule has 2 aliphatic heterocycles. The van der Waals surface area contributed by atoms with Crippen molar-refractivity contribution in [2.45, 2.75) is 32.1 Å². The Morgan fingerprint density at radius 1 is 1.17 bits per heavy atom. The molecule has 1 aromatic carbocycles. The van der Waals surface area contributed by atoms with Gasteiger partial charge < -0.3 is 20.7 Å². The van der Waals surface area contributed by atoms with E-state index in [-0.39, 0.29) is 5.91 Å². The quantitative estimate of drug-likeness (QED) is 0.837. The monoisotopic (exact) mass is 331 g/mol. The van der Waals surface area contributed by atoms with Crippen molar-refractivity contribution in [3.63, 3.8) is 0 Å². The average Bonchev–Trinajstić information content (AvgIpc) is 3.15. The lowest BCUT2D eigenvalue weighted by molar-refractivity contribution is -0.130. The highest BCUT2D eigenvalue weighted by atomic mass is 16.5. The normalized spacial score (nSPS) is 20.9. The highest BCUT2D eigenvalue weighted by Gasteiger charge is 2.38. The molecule has 2 saturated heterocycles. The van der Waals surface area contributed by atoms with Gasteiger partial charge in [0.05, 0.1) is 5.41 Å². The molecule has 24 heavy (non-hydrogen) atoms. The van der Waals surface area contributed by atoms with Crippen LogP contribution in [0.15, 0.2) is 24.3 Å². The fourth-order valence-corrected chi connectivity index (χ4v) is 3.60. The highest BCUT2D eigenvalue weighted by molar-refractivity contribution is 5.95. The number of likely N-dealkylation sites (tertiary alicyclic amines) is 1. The third-order valence-electron chi connectivity index (χ3n) is 5.45. The summed E-state index contributed by atoms with van der Waals surface area (Å²) in [5.41, 5.74) is 7.59. The fraction of sp³-hybridized carbons (Fsp3) is 0.632. The van der Waals surface area contributed by atoms with E-state index in [1.807, 2.05) is 12.1 Å². The predicted octanol–water partition coefficient (Wildman–Crippen LogP) is 2.02. The van der Waals surface area contributed by atoms with E-state index >= 15 is 0 Å². The number of amides is 1. The first-order valence-corrected chi connectivity index (χ1v) is 9.12. The molecule has 3 N–H and O–H groups in total. The van der Waals surface area contributed by atoms with E-state index in [9.17, 15) is 4.79 Å². The zero-order chi connectivity index (χ0) is 16.8. The van der Waals surface area contributed by atoms with Crippen LogP contribution in [0.25, 0.3) is 0 Å². The van der Waals surface area contributed by atoms with E-state index in [1.54, 1.807) is 0 Å². The second-order valence-corrected chi connectivity index (χ2v) is 7.05. The molecule has 0 aromatic heterocycles. The molecule has 2 heterocycles. The van der Waals surface area contributed by atoms with Crippen LogP contribution < -0.4 is 11.1 Å². The number of carbonyl (C=O) groups excluding carboxylic acids is 1. The van der Waals surface area contributed by atoms with Gasteiger partial charge in [0, 0.05) is 32.0 Å². The molecular formula is C19H29N3O2. The first-order chi connectivity index (χ1) is 11.7. The van der Waals surface area contributed by atoms with E-state index < -0.39 is 5.41 Å². The molecule has 3 rings (SSSR count). The Bertz CT molecular complexity index is 532. The molecule has 5 heteroatoms. The lowest BCUT2D eigenvalue weighted by atomic mass is 9.79. The standard InChI is InChI=1S/C19H29N3O2/c20-15-19(8-13-24-14-9-19)18(23)21-17-5-3-16(4-6-17)7-12-22-10-1-2-11-22/h3-6H,1-2,7-15,20H2,(H,21,23). The van der Waals surface area contributed by atoms with Gasteiger partial charge in [-0.15, -0.1) is 0 Å². The van der Waals surface area contributed by atoms with Crippen LogP contribution in [0.2, 0.25) is 0 Å². The van der Waals surface area contributed by atoms with Gasteiger partial charge >= 0.3 is 0 Å². The summed E-state index contributed by atoms with van der Waals surface area (Å²) in [6, 6.07) is 8.23. The summed E-state index contributed by atoms with van der Waals surface area (Å²) in [6.07, 6.45) is 5.13. The van der Waals surface area contributed by atoms with Crippen molar-refractivity contribution in [2.75, 3.05) is 44.7 Å². The van der Waals surface area contributed by atoms with Gasteiger partial charge in [-0.05, 0) is 62.9 Å². The maximum Gasteiger partial charge on any atom is 0.232 e. The van der Waals surface area contributed by atoms with E-state index in [1.165, 1.54) is 31.5 Å². The van der Waals surface area contributed by atoms with E-state index in [0.29, 0.717) is 32.6 Å². The van der Waals surface area contributed by atoms with Crippen LogP contribution in [0, 0.1) is 5.41 Å². The highest BCUT2D eigenvalue weighted by Crippen LogP contribution is 2.31. The van der Waals surface area contributed by atoms with Crippen molar-refractivity contribution in [3.8, 4) is 0 Å². The number of ether oxygens (including phenoxy) is 1. The second-order valence-electron chi connectivity index (χ2n) is 7.05. The number of nitrogens with zero attached hydrogens (tertiary/aromatic N) is 1. The molecular weight excluding hydrogens is 302 g/mol. The molecule has 2 fully saturated rings. The molecule has 5 nitrogen and oxygen atoms in total. The molecule has 0 unspecified atom stereocenters. The summed E-state index contributed by atoms with van der Waals surface area (Å²) < 4.78 is 5.37. The van der Waals surface area contributed by atoms with Crippen molar-refractivity contribution in [2.24, 2.45) is 11.1 Å². The third-order valence-corrected chi connectivity index (χ3v) is 5.45. The number of hydrogen-bond donors (Lipinski definition) is 2. The Hall–Kier alpha value is -1.43. The molecule has 0 radical (unpaired) electrons. The predicted molar refractivity (Wildman–Crippen MR) is 96.0 cm³/mol. The van der Waals surface area contributed by atoms with Crippen molar-refractivity contribution >= 4 is 11.6 Å². The Morgan fingerprint density at radius 3 is 2.46 bits per heavy atom. The Kier molecular flexibility index (Phi) is 5.87. The van der Waals surface area contributed by atoms with Crippen LogP contribution >= 0.6 is 0 Å². The SMILES string of the molecule is NCC1(C(=O)Nc2ccc(CCN3CCCC3)cc2)CCOCC1. The van der Waals surface area contributed by atoms with Crippen molar-refractivity contribution in [1.82, 2.24) is 4.90 Å². The van der Waals surface area contributed by atoms with Gasteiger partial charge in [0.2, 0.25) is 5.91 Å². The zero-order valence-corrected chi connectivity index (χ0v) is 14.4. The van der Waals surface area contributed by atoms with Gasteiger partial charge in [-0.25, -0.2) is 0 Å². The summed E-state index contributed by atoms with van der Waals surface area (Å²) >= 11 is 0. The van der Waals surface area contributed by atoms with E-state index in [0.717, 1.165) is 18.7 Å². The summed E-state index contributed by atoms with van der Waals surface area (Å²) in [5, 5.41) is 3.04. The molecule has 132 valence electrons. The van der Waals surface area contributed by atoms with E-state index in [2.05, 4.69) is 22.3 Å². The van der Waals surface area contributed by atoms with Gasteiger partial charge in [-0.3, -0.25) is 4.79 Å². The van der Waals surface area contributed by atoms with Crippen LogP contribution in [0.1, 0.15) is 31.2 Å². The summed E-state index contributed by atoms with van der Waals surface area (Å²) in [4.78, 5) is 15.2. The number of benzene rings is 1. The largest absolute Gasteiger partial charge is 0.381 e. The third kappa shape index (κ3) is 4.15. The number of nitrogens with one attached hydrogen (secondary N) is 1. The molecule has 0 saturated carbocycles. The minimum Gasteiger partial charge on any atom is -0.381 e. The molecule has 1 amide bonds. The number of nitrogens with two attached hydrogens (primary N) is 1. The molecule has 0 aliphatic carbocycles. The molecule has 0 bridgehead atoms. The first kappa shape index (κ1) is 17.4. The number of rotatable bonds is 6. The molecule has 2 aliphatic rings. The molecule has 1 aromatic rings. The average molecular weight is 331 g/mol. The summed E-state index contributed by atoms with van der Waals surface area (Å²) in [7, 11) is 0. The molecule has 0 spiro atoms. The van der Waals surface area contributed by atoms with Gasteiger partial charge in [0.1, 0.15) is 0 Å². The minimum absolute atomic E-state index is 0.0260. The van der Waals surface area contributed by atoms with Crippen LogP contribution in [0.4, 0.5) is 5.69 Å². The Labute approximate surface area is 144 Å². The fourth-order valence-electron chi connectivity index (χ4n) is 3.60. The Morgan fingerprint density at radius 2 is 1.83 bits per heavy atom.